The normalized spacial score (nSPS) is 21.0. The van der Waals surface area contributed by atoms with Crippen LogP contribution in [0.15, 0.2) is 17.3 Å². The van der Waals surface area contributed by atoms with Crippen molar-refractivity contribution < 1.29 is 4.74 Å². The van der Waals surface area contributed by atoms with Crippen molar-refractivity contribution in [1.82, 2.24) is 20.2 Å². The van der Waals surface area contributed by atoms with Crippen molar-refractivity contribution in [3.63, 3.8) is 0 Å². The number of hydrogen-bond donors (Lipinski definition) is 1. The molecule has 3 aliphatic rings. The Balaban J connectivity index is 1.60. The average molecular weight is 349 g/mol. The first-order valence-corrected chi connectivity index (χ1v) is 8.78. The van der Waals surface area contributed by atoms with Crippen LogP contribution in [0.5, 0.6) is 0 Å². The lowest BCUT2D eigenvalue weighted by Gasteiger charge is -2.30. The van der Waals surface area contributed by atoms with Gasteiger partial charge < -0.3 is 19.9 Å². The molecule has 0 spiro atoms. The quantitative estimate of drug-likeness (QED) is 0.759. The standard InChI is InChI=1S/C16H21ClN6O/c17-15-20-13-3-7-23(16-18-4-1-5-19-16)6-2-12(13)14(21-15)22-8-10-24-11-9-22/h1,4H,2-3,5-11H2,(H,18,19). The van der Waals surface area contributed by atoms with Crippen molar-refractivity contribution in [3.8, 4) is 0 Å². The Morgan fingerprint density at radius 1 is 1.04 bits per heavy atom. The van der Waals surface area contributed by atoms with Gasteiger partial charge in [-0.3, -0.25) is 0 Å². The molecule has 1 N–H and O–H groups in total. The van der Waals surface area contributed by atoms with Crippen molar-refractivity contribution in [2.75, 3.05) is 50.8 Å². The molecule has 1 aromatic heterocycles. The van der Waals surface area contributed by atoms with Crippen LogP contribution in [0.2, 0.25) is 5.28 Å². The number of morpholine rings is 1. The molecule has 0 unspecified atom stereocenters. The second-order valence-electron chi connectivity index (χ2n) is 6.05. The molecule has 0 saturated carbocycles. The first-order chi connectivity index (χ1) is 11.8. The van der Waals surface area contributed by atoms with Crippen LogP contribution >= 0.6 is 11.6 Å². The van der Waals surface area contributed by atoms with E-state index in [2.05, 4.69) is 30.1 Å². The van der Waals surface area contributed by atoms with Gasteiger partial charge in [-0.15, -0.1) is 0 Å². The summed E-state index contributed by atoms with van der Waals surface area (Å²) in [5.41, 5.74) is 2.28. The fourth-order valence-electron chi connectivity index (χ4n) is 3.36. The van der Waals surface area contributed by atoms with Crippen molar-refractivity contribution >= 4 is 23.4 Å². The van der Waals surface area contributed by atoms with Gasteiger partial charge in [-0.2, -0.15) is 0 Å². The zero-order valence-corrected chi connectivity index (χ0v) is 14.3. The third kappa shape index (κ3) is 3.18. The highest BCUT2D eigenvalue weighted by molar-refractivity contribution is 6.28. The summed E-state index contributed by atoms with van der Waals surface area (Å²) in [6, 6.07) is 0. The molecule has 0 radical (unpaired) electrons. The number of anilines is 1. The highest BCUT2D eigenvalue weighted by atomic mass is 35.5. The number of rotatable bonds is 1. The Hall–Kier alpha value is -1.86. The Kier molecular flexibility index (Phi) is 4.53. The molecule has 4 rings (SSSR count). The van der Waals surface area contributed by atoms with E-state index in [1.807, 2.05) is 12.3 Å². The van der Waals surface area contributed by atoms with Crippen molar-refractivity contribution in [1.29, 1.82) is 0 Å². The summed E-state index contributed by atoms with van der Waals surface area (Å²) in [5.74, 6) is 1.92. The molecule has 0 aromatic carbocycles. The summed E-state index contributed by atoms with van der Waals surface area (Å²) in [6.07, 6.45) is 5.61. The van der Waals surface area contributed by atoms with E-state index in [0.717, 1.165) is 76.3 Å². The fourth-order valence-corrected chi connectivity index (χ4v) is 3.55. The predicted molar refractivity (Wildman–Crippen MR) is 93.6 cm³/mol. The lowest BCUT2D eigenvalue weighted by Crippen LogP contribution is -2.43. The van der Waals surface area contributed by atoms with Crippen molar-refractivity contribution in [2.24, 2.45) is 4.99 Å². The summed E-state index contributed by atoms with van der Waals surface area (Å²) in [5, 5.41) is 3.67. The maximum absolute atomic E-state index is 6.20. The van der Waals surface area contributed by atoms with Crippen LogP contribution in [0.25, 0.3) is 0 Å². The molecular formula is C16H21ClN6O. The number of aromatic nitrogens is 2. The van der Waals surface area contributed by atoms with Gasteiger partial charge in [-0.25, -0.2) is 15.0 Å². The third-order valence-corrected chi connectivity index (χ3v) is 4.75. The molecule has 4 heterocycles. The van der Waals surface area contributed by atoms with E-state index in [-0.39, 0.29) is 0 Å². The SMILES string of the molecule is Clc1nc2c(c(N3CCOCC3)n1)CCN(C1=NC=CCN1)CC2. The van der Waals surface area contributed by atoms with Gasteiger partial charge in [0.15, 0.2) is 5.96 Å². The maximum Gasteiger partial charge on any atom is 0.224 e. The molecular weight excluding hydrogens is 328 g/mol. The molecule has 0 amide bonds. The Morgan fingerprint density at radius 3 is 2.67 bits per heavy atom. The van der Waals surface area contributed by atoms with Gasteiger partial charge in [-0.1, -0.05) is 0 Å². The second kappa shape index (κ2) is 6.94. The number of nitrogens with one attached hydrogen (secondary N) is 1. The molecule has 7 nitrogen and oxygen atoms in total. The van der Waals surface area contributed by atoms with E-state index in [1.54, 1.807) is 0 Å². The second-order valence-corrected chi connectivity index (χ2v) is 6.38. The van der Waals surface area contributed by atoms with Gasteiger partial charge in [0.05, 0.1) is 18.9 Å². The van der Waals surface area contributed by atoms with Gasteiger partial charge in [0.2, 0.25) is 5.28 Å². The molecule has 0 atom stereocenters. The number of guanidine groups is 1. The number of ether oxygens (including phenoxy) is 1. The molecule has 128 valence electrons. The molecule has 0 aliphatic carbocycles. The van der Waals surface area contributed by atoms with E-state index < -0.39 is 0 Å². The van der Waals surface area contributed by atoms with Gasteiger partial charge in [0.25, 0.3) is 0 Å². The van der Waals surface area contributed by atoms with E-state index in [4.69, 9.17) is 16.3 Å². The summed E-state index contributed by atoms with van der Waals surface area (Å²) in [6.45, 7) is 5.76. The number of hydrogen-bond acceptors (Lipinski definition) is 7. The van der Waals surface area contributed by atoms with E-state index in [1.165, 1.54) is 5.56 Å². The zero-order chi connectivity index (χ0) is 16.4. The summed E-state index contributed by atoms with van der Waals surface area (Å²) in [4.78, 5) is 18.0. The van der Waals surface area contributed by atoms with Gasteiger partial charge in [0.1, 0.15) is 5.82 Å². The lowest BCUT2D eigenvalue weighted by molar-refractivity contribution is 0.122. The van der Waals surface area contributed by atoms with Gasteiger partial charge >= 0.3 is 0 Å². The monoisotopic (exact) mass is 348 g/mol. The molecule has 8 heteroatoms. The van der Waals surface area contributed by atoms with Crippen LogP contribution in [0, 0.1) is 0 Å². The van der Waals surface area contributed by atoms with Crippen LogP contribution in [0.1, 0.15) is 11.3 Å². The third-order valence-electron chi connectivity index (χ3n) is 4.58. The Morgan fingerprint density at radius 2 is 1.88 bits per heavy atom. The minimum atomic E-state index is 0.333. The smallest absolute Gasteiger partial charge is 0.224 e. The Bertz CT molecular complexity index is 671. The minimum Gasteiger partial charge on any atom is -0.378 e. The van der Waals surface area contributed by atoms with E-state index in [0.29, 0.717) is 5.28 Å². The molecule has 1 saturated heterocycles. The molecule has 1 fully saturated rings. The van der Waals surface area contributed by atoms with Crippen LogP contribution in [0.4, 0.5) is 5.82 Å². The van der Waals surface area contributed by atoms with Gasteiger partial charge in [0, 0.05) is 50.9 Å². The van der Waals surface area contributed by atoms with Gasteiger partial charge in [-0.05, 0) is 24.1 Å². The molecule has 0 bridgehead atoms. The number of aliphatic imine (C=N–C) groups is 1. The van der Waals surface area contributed by atoms with E-state index in [9.17, 15) is 0 Å². The predicted octanol–water partition coefficient (Wildman–Crippen LogP) is 0.840. The molecule has 1 aromatic rings. The van der Waals surface area contributed by atoms with Crippen molar-refractivity contribution in [2.45, 2.75) is 12.8 Å². The number of halogens is 1. The molecule has 3 aliphatic heterocycles. The fraction of sp³-hybridized carbons (Fsp3) is 0.562. The summed E-state index contributed by atoms with van der Waals surface area (Å²) >= 11 is 6.20. The first kappa shape index (κ1) is 15.7. The number of nitrogens with zero attached hydrogens (tertiary/aromatic N) is 5. The lowest BCUT2D eigenvalue weighted by atomic mass is 10.1. The van der Waals surface area contributed by atoms with Crippen LogP contribution in [0.3, 0.4) is 0 Å². The van der Waals surface area contributed by atoms with E-state index >= 15 is 0 Å². The largest absolute Gasteiger partial charge is 0.378 e. The zero-order valence-electron chi connectivity index (χ0n) is 13.5. The minimum absolute atomic E-state index is 0.333. The summed E-state index contributed by atoms with van der Waals surface area (Å²) < 4.78 is 5.46. The Labute approximate surface area is 146 Å². The van der Waals surface area contributed by atoms with Crippen molar-refractivity contribution in [3.05, 3.63) is 28.8 Å². The first-order valence-electron chi connectivity index (χ1n) is 8.41. The highest BCUT2D eigenvalue weighted by Crippen LogP contribution is 2.26. The average Bonchev–Trinajstić information content (AvgIpc) is 2.85. The van der Waals surface area contributed by atoms with Crippen LogP contribution in [-0.4, -0.2) is 66.8 Å². The summed E-state index contributed by atoms with van der Waals surface area (Å²) in [7, 11) is 0. The number of fused-ring (bicyclic) bond motifs is 1. The molecule has 24 heavy (non-hydrogen) atoms. The maximum atomic E-state index is 6.20. The van der Waals surface area contributed by atoms with Crippen LogP contribution in [-0.2, 0) is 17.6 Å². The van der Waals surface area contributed by atoms with Crippen LogP contribution < -0.4 is 10.2 Å². The highest BCUT2D eigenvalue weighted by Gasteiger charge is 2.25. The topological polar surface area (TPSA) is 65.9 Å².